The lowest BCUT2D eigenvalue weighted by atomic mass is 9.90. The fraction of sp³-hybridized carbons (Fsp3) is 0.462. The second-order valence-corrected chi connectivity index (χ2v) is 36.0. The molecule has 0 spiro atoms. The molecule has 0 radical (unpaired) electrons. The van der Waals surface area contributed by atoms with Crippen LogP contribution in [-0.4, -0.2) is 203 Å². The van der Waals surface area contributed by atoms with E-state index in [0.717, 1.165) is 218 Å². The van der Waals surface area contributed by atoms with Crippen LogP contribution in [0, 0.1) is 87.6 Å². The first-order valence-corrected chi connectivity index (χ1v) is 47.5. The number of fused-ring (bicyclic) bond motifs is 4. The third-order valence-electron chi connectivity index (χ3n) is 26.9. The number of benzene rings is 6. The summed E-state index contributed by atoms with van der Waals surface area (Å²) < 4.78 is 51.3. The van der Waals surface area contributed by atoms with Gasteiger partial charge in [0.1, 0.15) is 87.3 Å². The van der Waals surface area contributed by atoms with Crippen LogP contribution < -0.4 is 26.6 Å². The maximum absolute atomic E-state index is 14.4. The maximum atomic E-state index is 14.4. The second kappa shape index (κ2) is 46.4. The van der Waals surface area contributed by atoms with Gasteiger partial charge in [0.05, 0.1) is 49.2 Å². The highest BCUT2D eigenvalue weighted by molar-refractivity contribution is 6.14. The van der Waals surface area contributed by atoms with Crippen LogP contribution in [0.5, 0.6) is 5.75 Å². The van der Waals surface area contributed by atoms with E-state index in [1.54, 1.807) is 36.4 Å². The van der Waals surface area contributed by atoms with E-state index in [1.165, 1.54) is 76.3 Å². The van der Waals surface area contributed by atoms with Crippen molar-refractivity contribution in [3.05, 3.63) is 200 Å². The lowest BCUT2D eigenvalue weighted by molar-refractivity contribution is -0.141. The summed E-state index contributed by atoms with van der Waals surface area (Å²) >= 11 is 0. The zero-order chi connectivity index (χ0) is 91.7. The Kier molecular flexibility index (Phi) is 33.0. The molecule has 8 heterocycles. The maximum Gasteiger partial charge on any atom is 0.351 e. The fourth-order valence-corrected chi connectivity index (χ4v) is 19.4. The largest absolute Gasteiger partial charge is 0.507 e. The highest BCUT2D eigenvalue weighted by atomic mass is 19.1. The number of aromatic hydroxyl groups is 1. The molecule has 0 aromatic heterocycles. The van der Waals surface area contributed by atoms with E-state index < -0.39 is 29.7 Å². The number of carbonyl (C=O) groups excluding carboxylic acids is 4. The zero-order valence-electron chi connectivity index (χ0n) is 75.6. The average molecular weight is 1790 g/mol. The molecule has 0 atom stereocenters. The third kappa shape index (κ3) is 23.8. The first kappa shape index (κ1) is 94.0. The number of rotatable bonds is 14. The van der Waals surface area contributed by atoms with Gasteiger partial charge in [-0.1, -0.05) is 156 Å². The van der Waals surface area contributed by atoms with Gasteiger partial charge < -0.3 is 70.2 Å². The standard InChI is InChI=1S/C29H31FN4O2.C29H32N4O3.C24H30N4O2.C22H26FN5O2/c30-26-9-5-4-8-23(26)21-10-11-22-16-24(28(33-27(22)17-21)34-14-12-32-13-15-34)25(18-31)29(35)36-19-20-6-2-1-3-7-20;30-18-25(29(35)36-19-20-6-2-1-3-7-20)24-16-22-11-10-21(23-8-4-5-9-27(23)34)17-26(22)32-28(24)33-14-12-31-13-15-33;1-17-7-8-19-14-20(23(27-22(19)13-17)28-11-9-26-10-12-28)21(15-25)24(29)30-16-18-5-3-2-4-6-18;23-17-7-4-8-18-20(17)27-19(21(26-18)28-11-9-25-10-12-28)16(13-24)22(29)30-14-15-5-2-1-3-6-15/h4-5,8-11,17,20,32H,1-3,6-7,12-16,19H2;4-5,8-11,17,20,31,34H,1-3,6-7,12-16,19H2;7-8,13,18,26H,2-6,9-12,14,16H2,1H3;4,7-8,15,25,27H,1-3,5-6,9-12,14H2/b2*25-24+;21-20+;19-16-. The molecule has 6 aromatic rings. The Bertz CT molecular complexity index is 5420. The van der Waals surface area contributed by atoms with Crippen molar-refractivity contribution < 1.29 is 52.0 Å². The number of aliphatic imine (C=N–C) groups is 4. The van der Waals surface area contributed by atoms with Crippen molar-refractivity contribution in [1.82, 2.24) is 40.9 Å². The lowest BCUT2D eigenvalue weighted by Gasteiger charge is -2.34. The number of anilines is 1. The van der Waals surface area contributed by atoms with E-state index >= 15 is 0 Å². The first-order valence-electron chi connectivity index (χ1n) is 47.5. The number of amidine groups is 4. The summed E-state index contributed by atoms with van der Waals surface area (Å²) in [5.74, 6) is 1.20. The van der Waals surface area contributed by atoms with E-state index in [1.807, 2.05) is 71.6 Å². The minimum absolute atomic E-state index is 0.0342. The lowest BCUT2D eigenvalue weighted by Crippen LogP contribution is -2.48. The normalized spacial score (nSPS) is 20.4. The first-order chi connectivity index (χ1) is 64.6. The summed E-state index contributed by atoms with van der Waals surface area (Å²) in [6.07, 6.45) is 24.3. The van der Waals surface area contributed by atoms with E-state index in [2.05, 4.69) is 83.5 Å². The van der Waals surface area contributed by atoms with Crippen molar-refractivity contribution >= 4 is 75.7 Å². The average Bonchev–Trinajstić information content (AvgIpc) is 0.779. The minimum Gasteiger partial charge on any atom is -0.507 e. The van der Waals surface area contributed by atoms with Crippen molar-refractivity contribution in [2.24, 2.45) is 43.6 Å². The second-order valence-electron chi connectivity index (χ2n) is 36.0. The zero-order valence-corrected chi connectivity index (χ0v) is 75.6. The number of ether oxygens (including phenoxy) is 4. The van der Waals surface area contributed by atoms with E-state index in [-0.39, 0.29) is 45.2 Å². The van der Waals surface area contributed by atoms with Gasteiger partial charge in [0.25, 0.3) is 0 Å². The Morgan fingerprint density at radius 2 is 0.705 bits per heavy atom. The molecule has 132 heavy (non-hydrogen) atoms. The Morgan fingerprint density at radius 1 is 0.379 bits per heavy atom. The molecular formula is C104H119F2N17O9. The molecule has 28 heteroatoms. The molecule has 4 aliphatic carbocycles. The van der Waals surface area contributed by atoms with Crippen molar-refractivity contribution in [3.8, 4) is 52.3 Å². The highest BCUT2D eigenvalue weighted by Crippen LogP contribution is 2.42. The number of halogens is 2. The summed E-state index contributed by atoms with van der Waals surface area (Å²) in [4.78, 5) is 79.9. The van der Waals surface area contributed by atoms with Gasteiger partial charge in [-0.15, -0.1) is 0 Å². The molecule has 0 bridgehead atoms. The van der Waals surface area contributed by atoms with Crippen LogP contribution in [0.4, 0.5) is 37.2 Å². The predicted octanol–water partition coefficient (Wildman–Crippen LogP) is 15.9. The van der Waals surface area contributed by atoms with Gasteiger partial charge in [-0.25, -0.2) is 47.9 Å². The minimum atomic E-state index is -0.687. The molecule has 8 fully saturated rings. The third-order valence-corrected chi connectivity index (χ3v) is 26.9. The van der Waals surface area contributed by atoms with E-state index in [0.29, 0.717) is 128 Å². The number of phenolic OH excluding ortho intramolecular Hbond substituents is 1. The smallest absolute Gasteiger partial charge is 0.351 e. The van der Waals surface area contributed by atoms with E-state index in [9.17, 15) is 54.1 Å². The number of esters is 4. The molecule has 4 saturated heterocycles. The monoisotopic (exact) mass is 1790 g/mol. The molecular weight excluding hydrogens is 1670 g/mol. The summed E-state index contributed by atoms with van der Waals surface area (Å²) in [6, 6.07) is 44.7. The molecule has 4 saturated carbocycles. The molecule has 688 valence electrons. The number of nitrogens with zero attached hydrogens (tertiary/aromatic N) is 12. The molecule has 0 amide bonds. The SMILES string of the molecule is Cc1ccc2c(c1)N=C(N1CCNCC1)/C(=C(\C#N)C(=O)OCC1CCCCC1)C2.N#C/C(C(=O)OCC1CCCCC1)=C1/Cc2ccc(-c3ccccc3F)cc2N=C1N1CCNCC1.N#C/C(C(=O)OCC1CCCCC1)=C1/Cc2ccc(-c3ccccc3O)cc2N=C1N1CCNCC1.N#C/C(C(=O)OCC1CCCCC1)=C1/Nc2c(F)cccc2N=C1N1CCNCC1. The van der Waals surface area contributed by atoms with Crippen LogP contribution in [0.1, 0.15) is 151 Å². The molecule has 18 rings (SSSR count). The Hall–Kier alpha value is -12.7. The van der Waals surface area contributed by atoms with Crippen LogP contribution in [0.25, 0.3) is 22.3 Å². The van der Waals surface area contributed by atoms with Gasteiger partial charge in [0.15, 0.2) is 11.4 Å². The summed E-state index contributed by atoms with van der Waals surface area (Å²) in [6.45, 7) is 15.8. The van der Waals surface area contributed by atoms with Crippen molar-refractivity contribution in [1.29, 1.82) is 21.0 Å². The van der Waals surface area contributed by atoms with E-state index in [4.69, 9.17) is 33.9 Å². The number of piperazine rings is 4. The summed E-state index contributed by atoms with van der Waals surface area (Å²) in [5, 5.41) is 66.4. The number of nitriles is 4. The van der Waals surface area contributed by atoms with Gasteiger partial charge in [-0.2, -0.15) is 21.0 Å². The quantitative estimate of drug-likeness (QED) is 0.0255. The van der Waals surface area contributed by atoms with Crippen molar-refractivity contribution in [2.75, 3.05) is 136 Å². The Balaban J connectivity index is 0.000000135. The topological polar surface area (TPSA) is 343 Å². The fourth-order valence-electron chi connectivity index (χ4n) is 19.4. The molecule has 0 unspecified atom stereocenters. The number of nitrogens with one attached hydrogen (secondary N) is 5. The van der Waals surface area contributed by atoms with Gasteiger partial charge in [0.2, 0.25) is 0 Å². The number of aryl methyl sites for hydroxylation is 1. The Morgan fingerprint density at radius 3 is 1.08 bits per heavy atom. The van der Waals surface area contributed by atoms with Gasteiger partial charge in [0, 0.05) is 152 Å². The molecule has 12 aliphatic rings. The van der Waals surface area contributed by atoms with Crippen LogP contribution >= 0.6 is 0 Å². The van der Waals surface area contributed by atoms with Crippen LogP contribution in [0.15, 0.2) is 186 Å². The van der Waals surface area contributed by atoms with Gasteiger partial charge >= 0.3 is 23.9 Å². The van der Waals surface area contributed by atoms with Crippen molar-refractivity contribution in [2.45, 2.75) is 155 Å². The number of hydrogen-bond donors (Lipinski definition) is 6. The molecule has 6 N–H and O–H groups in total. The number of phenols is 1. The van der Waals surface area contributed by atoms with Crippen molar-refractivity contribution in [3.63, 3.8) is 0 Å². The number of hydrogen-bond acceptors (Lipinski definition) is 26. The van der Waals surface area contributed by atoms with Gasteiger partial charge in [-0.05, 0) is 158 Å². The predicted molar refractivity (Wildman–Crippen MR) is 505 cm³/mol. The molecule has 26 nitrogen and oxygen atoms in total. The van der Waals surface area contributed by atoms with Crippen LogP contribution in [0.2, 0.25) is 0 Å². The van der Waals surface area contributed by atoms with Gasteiger partial charge in [-0.3, -0.25) is 0 Å². The summed E-state index contributed by atoms with van der Waals surface area (Å²) in [5.41, 5.74) is 12.2. The molecule has 6 aromatic carbocycles. The number of carbonyl (C=O) groups is 4. The van der Waals surface area contributed by atoms with Crippen LogP contribution in [0.3, 0.4) is 0 Å². The number of para-hydroxylation sites is 2. The molecule has 8 aliphatic heterocycles. The Labute approximate surface area is 772 Å². The van der Waals surface area contributed by atoms with Crippen LogP contribution in [-0.2, 0) is 57.4 Å². The summed E-state index contributed by atoms with van der Waals surface area (Å²) in [7, 11) is 0. The highest BCUT2D eigenvalue weighted by Gasteiger charge is 2.37.